The van der Waals surface area contributed by atoms with Gasteiger partial charge in [0.1, 0.15) is 12.0 Å². The van der Waals surface area contributed by atoms with Crippen LogP contribution in [0.5, 0.6) is 0 Å². The van der Waals surface area contributed by atoms with Crippen LogP contribution in [0.3, 0.4) is 0 Å². The third-order valence-electron chi connectivity index (χ3n) is 2.45. The predicted octanol–water partition coefficient (Wildman–Crippen LogP) is 1.10. The van der Waals surface area contributed by atoms with E-state index in [1.54, 1.807) is 11.8 Å². The number of nitrogens with one attached hydrogen (secondary N) is 2. The lowest BCUT2D eigenvalue weighted by molar-refractivity contribution is -0.113. The van der Waals surface area contributed by atoms with Crippen molar-refractivity contribution >= 4 is 23.4 Å². The van der Waals surface area contributed by atoms with Gasteiger partial charge in [0.2, 0.25) is 5.91 Å². The van der Waals surface area contributed by atoms with Crippen molar-refractivity contribution in [1.29, 1.82) is 0 Å². The van der Waals surface area contributed by atoms with E-state index < -0.39 is 0 Å². The fourth-order valence-electron chi connectivity index (χ4n) is 1.62. The summed E-state index contributed by atoms with van der Waals surface area (Å²) < 4.78 is 4.63. The van der Waals surface area contributed by atoms with Gasteiger partial charge in [-0.3, -0.25) is 4.79 Å². The average molecular weight is 241 g/mol. The van der Waals surface area contributed by atoms with Gasteiger partial charge in [-0.05, 0) is 25.9 Å². The highest BCUT2D eigenvalue weighted by atomic mass is 32.2. The molecule has 1 amide bonds. The SMILES string of the molecule is O=C(CSC1CCNCC1)Nc1cnoc1. The summed E-state index contributed by atoms with van der Waals surface area (Å²) in [5, 5.41) is 10.2. The second-order valence-electron chi connectivity index (χ2n) is 3.72. The highest BCUT2D eigenvalue weighted by Gasteiger charge is 2.15. The first-order valence-corrected chi connectivity index (χ1v) is 6.41. The fourth-order valence-corrected chi connectivity index (χ4v) is 2.65. The normalized spacial score (nSPS) is 17.2. The summed E-state index contributed by atoms with van der Waals surface area (Å²) >= 11 is 1.72. The summed E-state index contributed by atoms with van der Waals surface area (Å²) in [6, 6.07) is 0. The Morgan fingerprint density at radius 1 is 1.62 bits per heavy atom. The van der Waals surface area contributed by atoms with E-state index in [2.05, 4.69) is 20.3 Å². The van der Waals surface area contributed by atoms with E-state index in [0.717, 1.165) is 25.9 Å². The molecule has 0 radical (unpaired) electrons. The molecule has 6 heteroatoms. The van der Waals surface area contributed by atoms with E-state index in [-0.39, 0.29) is 5.91 Å². The molecule has 1 fully saturated rings. The van der Waals surface area contributed by atoms with Crippen molar-refractivity contribution in [2.75, 3.05) is 24.2 Å². The lowest BCUT2D eigenvalue weighted by Gasteiger charge is -2.21. The van der Waals surface area contributed by atoms with Gasteiger partial charge in [0, 0.05) is 5.25 Å². The molecule has 2 rings (SSSR count). The van der Waals surface area contributed by atoms with Crippen molar-refractivity contribution < 1.29 is 9.32 Å². The Kier molecular flexibility index (Phi) is 4.24. The Morgan fingerprint density at radius 2 is 2.44 bits per heavy atom. The molecule has 16 heavy (non-hydrogen) atoms. The third kappa shape index (κ3) is 3.53. The van der Waals surface area contributed by atoms with E-state index in [1.807, 2.05) is 0 Å². The van der Waals surface area contributed by atoms with Gasteiger partial charge in [0.25, 0.3) is 0 Å². The molecule has 1 aromatic rings. The van der Waals surface area contributed by atoms with Gasteiger partial charge in [-0.2, -0.15) is 0 Å². The van der Waals surface area contributed by atoms with Crippen LogP contribution >= 0.6 is 11.8 Å². The Balaban J connectivity index is 1.67. The lowest BCUT2D eigenvalue weighted by atomic mass is 10.2. The Labute approximate surface area is 98.3 Å². The Hall–Kier alpha value is -1.01. The number of piperidine rings is 1. The highest BCUT2D eigenvalue weighted by molar-refractivity contribution is 8.00. The number of amides is 1. The third-order valence-corrected chi connectivity index (χ3v) is 3.82. The number of aromatic nitrogens is 1. The second-order valence-corrected chi connectivity index (χ2v) is 5.01. The molecule has 1 aromatic heterocycles. The fraction of sp³-hybridized carbons (Fsp3) is 0.600. The molecule has 1 saturated heterocycles. The van der Waals surface area contributed by atoms with Crippen LogP contribution in [0.15, 0.2) is 17.0 Å². The standard InChI is InChI=1S/C10H15N3O2S/c14-10(13-8-5-12-15-6-8)7-16-9-1-3-11-4-2-9/h5-6,9,11H,1-4,7H2,(H,13,14). The largest absolute Gasteiger partial charge is 0.363 e. The topological polar surface area (TPSA) is 67.2 Å². The molecule has 5 nitrogen and oxygen atoms in total. The second kappa shape index (κ2) is 5.91. The number of anilines is 1. The van der Waals surface area contributed by atoms with Crippen LogP contribution in [0.25, 0.3) is 0 Å². The van der Waals surface area contributed by atoms with E-state index in [9.17, 15) is 4.79 Å². The number of carbonyl (C=O) groups is 1. The number of hydrogen-bond donors (Lipinski definition) is 2. The van der Waals surface area contributed by atoms with Gasteiger partial charge in [-0.1, -0.05) is 5.16 Å². The van der Waals surface area contributed by atoms with Gasteiger partial charge < -0.3 is 15.2 Å². The first-order valence-electron chi connectivity index (χ1n) is 5.36. The molecular formula is C10H15N3O2S. The molecule has 0 spiro atoms. The van der Waals surface area contributed by atoms with Gasteiger partial charge in [0.15, 0.2) is 0 Å². The molecule has 0 unspecified atom stereocenters. The van der Waals surface area contributed by atoms with Crippen molar-refractivity contribution in [3.05, 3.63) is 12.5 Å². The first-order chi connectivity index (χ1) is 7.84. The molecule has 0 saturated carbocycles. The Bertz CT molecular complexity index is 323. The smallest absolute Gasteiger partial charge is 0.234 e. The Morgan fingerprint density at radius 3 is 3.12 bits per heavy atom. The molecular weight excluding hydrogens is 226 g/mol. The zero-order valence-corrected chi connectivity index (χ0v) is 9.76. The molecule has 0 aromatic carbocycles. The van der Waals surface area contributed by atoms with Crippen molar-refractivity contribution in [3.63, 3.8) is 0 Å². The maximum absolute atomic E-state index is 11.5. The number of nitrogens with zero attached hydrogens (tertiary/aromatic N) is 1. The summed E-state index contributed by atoms with van der Waals surface area (Å²) in [4.78, 5) is 11.5. The zero-order valence-electron chi connectivity index (χ0n) is 8.94. The number of thioether (sulfide) groups is 1. The van der Waals surface area contributed by atoms with Crippen LogP contribution in [0.4, 0.5) is 5.69 Å². The minimum absolute atomic E-state index is 0.00623. The molecule has 1 aliphatic rings. The van der Waals surface area contributed by atoms with Crippen LogP contribution in [-0.2, 0) is 4.79 Å². The highest BCUT2D eigenvalue weighted by Crippen LogP contribution is 2.20. The van der Waals surface area contributed by atoms with Gasteiger partial charge in [-0.25, -0.2) is 0 Å². The predicted molar refractivity (Wildman–Crippen MR) is 63.5 cm³/mol. The van der Waals surface area contributed by atoms with Gasteiger partial charge >= 0.3 is 0 Å². The number of hydrogen-bond acceptors (Lipinski definition) is 5. The van der Waals surface area contributed by atoms with Gasteiger partial charge in [-0.15, -0.1) is 11.8 Å². The van der Waals surface area contributed by atoms with Crippen LogP contribution in [-0.4, -0.2) is 35.2 Å². The maximum atomic E-state index is 11.5. The van der Waals surface area contributed by atoms with E-state index in [0.29, 0.717) is 16.7 Å². The molecule has 0 atom stereocenters. The summed E-state index contributed by atoms with van der Waals surface area (Å²) in [5.41, 5.74) is 0.621. The summed E-state index contributed by atoms with van der Waals surface area (Å²) in [6.45, 7) is 2.12. The lowest BCUT2D eigenvalue weighted by Crippen LogP contribution is -2.30. The van der Waals surface area contributed by atoms with Crippen LogP contribution in [0.2, 0.25) is 0 Å². The van der Waals surface area contributed by atoms with Crippen molar-refractivity contribution in [2.24, 2.45) is 0 Å². The van der Waals surface area contributed by atoms with E-state index >= 15 is 0 Å². The summed E-state index contributed by atoms with van der Waals surface area (Å²) in [6.07, 6.45) is 5.20. The minimum atomic E-state index is 0.00623. The van der Waals surface area contributed by atoms with Crippen molar-refractivity contribution in [1.82, 2.24) is 10.5 Å². The van der Waals surface area contributed by atoms with Gasteiger partial charge in [0.05, 0.1) is 11.9 Å². The molecule has 88 valence electrons. The number of carbonyl (C=O) groups excluding carboxylic acids is 1. The van der Waals surface area contributed by atoms with Crippen molar-refractivity contribution in [2.45, 2.75) is 18.1 Å². The van der Waals surface area contributed by atoms with Crippen LogP contribution in [0, 0.1) is 0 Å². The molecule has 2 heterocycles. The first kappa shape index (κ1) is 11.5. The van der Waals surface area contributed by atoms with Crippen LogP contribution < -0.4 is 10.6 Å². The van der Waals surface area contributed by atoms with Crippen molar-refractivity contribution in [3.8, 4) is 0 Å². The van der Waals surface area contributed by atoms with E-state index in [1.165, 1.54) is 12.5 Å². The summed E-state index contributed by atoms with van der Waals surface area (Å²) in [5.74, 6) is 0.502. The zero-order chi connectivity index (χ0) is 11.2. The maximum Gasteiger partial charge on any atom is 0.234 e. The monoisotopic (exact) mass is 241 g/mol. The minimum Gasteiger partial charge on any atom is -0.363 e. The molecule has 0 bridgehead atoms. The summed E-state index contributed by atoms with van der Waals surface area (Å²) in [7, 11) is 0. The molecule has 0 aliphatic carbocycles. The van der Waals surface area contributed by atoms with E-state index in [4.69, 9.17) is 0 Å². The average Bonchev–Trinajstić information content (AvgIpc) is 2.81. The quantitative estimate of drug-likeness (QED) is 0.826. The molecule has 2 N–H and O–H groups in total. The van der Waals surface area contributed by atoms with Crippen LogP contribution in [0.1, 0.15) is 12.8 Å². The molecule has 1 aliphatic heterocycles. The number of rotatable bonds is 4.